The van der Waals surface area contributed by atoms with Gasteiger partial charge in [0.05, 0.1) is 6.20 Å². The van der Waals surface area contributed by atoms with Gasteiger partial charge in [-0.3, -0.25) is 0 Å². The van der Waals surface area contributed by atoms with E-state index in [0.29, 0.717) is 6.04 Å². The van der Waals surface area contributed by atoms with Crippen LogP contribution >= 0.6 is 0 Å². The fourth-order valence-corrected chi connectivity index (χ4v) is 4.51. The van der Waals surface area contributed by atoms with Crippen molar-refractivity contribution in [2.75, 3.05) is 47.4 Å². The second-order valence-electron chi connectivity index (χ2n) is 8.06. The van der Waals surface area contributed by atoms with Gasteiger partial charge in [-0.25, -0.2) is 0 Å². The molecule has 2 saturated heterocycles. The molecule has 2 fully saturated rings. The summed E-state index contributed by atoms with van der Waals surface area (Å²) in [5.74, 6) is 1.77. The Balaban J connectivity index is 1.46. The largest absolute Gasteiger partial charge is 0.368 e. The van der Waals surface area contributed by atoms with Crippen LogP contribution < -0.4 is 14.7 Å². The highest BCUT2D eigenvalue weighted by atomic mass is 15.4. The molecule has 150 valence electrons. The Kier molecular flexibility index (Phi) is 5.64. The van der Waals surface area contributed by atoms with E-state index < -0.39 is 0 Å². The second kappa shape index (κ2) is 8.33. The lowest BCUT2D eigenvalue weighted by Crippen LogP contribution is -2.47. The Labute approximate surface area is 168 Å². The van der Waals surface area contributed by atoms with E-state index >= 15 is 0 Å². The van der Waals surface area contributed by atoms with Crippen LogP contribution in [0.5, 0.6) is 0 Å². The Bertz CT molecular complexity index is 799. The predicted molar refractivity (Wildman–Crippen MR) is 115 cm³/mol. The minimum atomic E-state index is 0.583. The number of hydrogen-bond acceptors (Lipinski definition) is 6. The molecule has 0 N–H and O–H groups in total. The van der Waals surface area contributed by atoms with Crippen molar-refractivity contribution in [1.29, 1.82) is 0 Å². The standard InChI is InChI=1S/C22H32N6/c1-4-19-9-5-6-11-28(19)21-16-23-25-22(24-21)27-14-12-26(13-15-27)20-10-7-8-17(2)18(20)3/h7-8,10,16,19H,4-6,9,11-15H2,1-3H3. The second-order valence-corrected chi connectivity index (χ2v) is 8.06. The van der Waals surface area contributed by atoms with Crippen molar-refractivity contribution in [2.45, 2.75) is 52.5 Å². The molecule has 0 saturated carbocycles. The Hall–Kier alpha value is -2.37. The number of hydrogen-bond donors (Lipinski definition) is 0. The quantitative estimate of drug-likeness (QED) is 0.808. The van der Waals surface area contributed by atoms with Crippen molar-refractivity contribution < 1.29 is 0 Å². The van der Waals surface area contributed by atoms with Gasteiger partial charge >= 0.3 is 0 Å². The van der Waals surface area contributed by atoms with E-state index in [4.69, 9.17) is 4.98 Å². The lowest BCUT2D eigenvalue weighted by Gasteiger charge is -2.38. The molecule has 1 aromatic carbocycles. The maximum absolute atomic E-state index is 4.91. The van der Waals surface area contributed by atoms with E-state index in [1.165, 1.54) is 36.1 Å². The summed E-state index contributed by atoms with van der Waals surface area (Å²) in [6.45, 7) is 11.6. The maximum atomic E-state index is 4.91. The molecule has 2 aliphatic heterocycles. The van der Waals surface area contributed by atoms with Gasteiger partial charge in [-0.15, -0.1) is 5.10 Å². The van der Waals surface area contributed by atoms with Gasteiger partial charge in [-0.1, -0.05) is 19.1 Å². The molecule has 28 heavy (non-hydrogen) atoms. The van der Waals surface area contributed by atoms with Crippen LogP contribution in [-0.4, -0.2) is 53.9 Å². The van der Waals surface area contributed by atoms with Gasteiger partial charge in [0.1, 0.15) is 0 Å². The monoisotopic (exact) mass is 380 g/mol. The summed E-state index contributed by atoms with van der Waals surface area (Å²) < 4.78 is 0. The zero-order valence-electron chi connectivity index (χ0n) is 17.4. The molecule has 4 rings (SSSR count). The number of aryl methyl sites for hydroxylation is 1. The number of nitrogens with zero attached hydrogens (tertiary/aromatic N) is 6. The molecule has 3 heterocycles. The Morgan fingerprint density at radius 2 is 1.79 bits per heavy atom. The maximum Gasteiger partial charge on any atom is 0.247 e. The van der Waals surface area contributed by atoms with Crippen molar-refractivity contribution >= 4 is 17.5 Å². The molecule has 1 atom stereocenters. The highest BCUT2D eigenvalue weighted by Crippen LogP contribution is 2.27. The van der Waals surface area contributed by atoms with Crippen LogP contribution in [0.3, 0.4) is 0 Å². The third-order valence-corrected chi connectivity index (χ3v) is 6.41. The molecule has 0 amide bonds. The van der Waals surface area contributed by atoms with Crippen LogP contribution in [0.15, 0.2) is 24.4 Å². The third kappa shape index (κ3) is 3.77. The average Bonchev–Trinajstić information content (AvgIpc) is 2.76. The van der Waals surface area contributed by atoms with Gasteiger partial charge in [0.25, 0.3) is 0 Å². The topological polar surface area (TPSA) is 48.4 Å². The number of piperidine rings is 1. The summed E-state index contributed by atoms with van der Waals surface area (Å²) in [4.78, 5) is 12.1. The summed E-state index contributed by atoms with van der Waals surface area (Å²) in [6.07, 6.45) is 6.81. The highest BCUT2D eigenvalue weighted by molar-refractivity contribution is 5.57. The lowest BCUT2D eigenvalue weighted by atomic mass is 10.0. The van der Waals surface area contributed by atoms with E-state index in [9.17, 15) is 0 Å². The van der Waals surface area contributed by atoms with E-state index in [1.807, 2.05) is 6.20 Å². The predicted octanol–water partition coefficient (Wildman–Crippen LogP) is 3.58. The van der Waals surface area contributed by atoms with E-state index in [1.54, 1.807) is 0 Å². The number of rotatable bonds is 4. The summed E-state index contributed by atoms with van der Waals surface area (Å²) in [5.41, 5.74) is 4.09. The molecule has 1 aromatic heterocycles. The normalized spacial score (nSPS) is 20.5. The van der Waals surface area contributed by atoms with Gasteiger partial charge < -0.3 is 14.7 Å². The Morgan fingerprint density at radius 3 is 2.57 bits per heavy atom. The van der Waals surface area contributed by atoms with E-state index in [2.05, 4.69) is 63.9 Å². The Morgan fingerprint density at radius 1 is 1.00 bits per heavy atom. The van der Waals surface area contributed by atoms with Gasteiger partial charge in [0, 0.05) is 44.5 Å². The summed E-state index contributed by atoms with van der Waals surface area (Å²) in [5, 5.41) is 8.66. The molecule has 6 heteroatoms. The molecule has 2 aromatic rings. The number of benzene rings is 1. The molecule has 0 radical (unpaired) electrons. The molecular weight excluding hydrogens is 348 g/mol. The number of piperazine rings is 1. The fourth-order valence-electron chi connectivity index (χ4n) is 4.51. The van der Waals surface area contributed by atoms with Crippen LogP contribution in [-0.2, 0) is 0 Å². The van der Waals surface area contributed by atoms with Crippen molar-refractivity contribution in [3.8, 4) is 0 Å². The zero-order chi connectivity index (χ0) is 19.5. The molecular formula is C22H32N6. The van der Waals surface area contributed by atoms with Crippen LogP contribution in [0.1, 0.15) is 43.7 Å². The van der Waals surface area contributed by atoms with Gasteiger partial charge in [-0.2, -0.15) is 10.1 Å². The summed E-state index contributed by atoms with van der Waals surface area (Å²) in [6, 6.07) is 7.16. The fraction of sp³-hybridized carbons (Fsp3) is 0.591. The van der Waals surface area contributed by atoms with Gasteiger partial charge in [0.2, 0.25) is 5.95 Å². The first-order chi connectivity index (χ1) is 13.7. The van der Waals surface area contributed by atoms with Crippen molar-refractivity contribution in [2.24, 2.45) is 0 Å². The van der Waals surface area contributed by atoms with Crippen LogP contribution in [0.25, 0.3) is 0 Å². The smallest absolute Gasteiger partial charge is 0.247 e. The first-order valence-corrected chi connectivity index (χ1v) is 10.7. The summed E-state index contributed by atoms with van der Waals surface area (Å²) >= 11 is 0. The molecule has 6 nitrogen and oxygen atoms in total. The van der Waals surface area contributed by atoms with Crippen LogP contribution in [0, 0.1) is 13.8 Å². The minimum Gasteiger partial charge on any atom is -0.368 e. The number of aromatic nitrogens is 3. The van der Waals surface area contributed by atoms with Crippen molar-refractivity contribution in [1.82, 2.24) is 15.2 Å². The van der Waals surface area contributed by atoms with E-state index in [-0.39, 0.29) is 0 Å². The zero-order valence-corrected chi connectivity index (χ0v) is 17.4. The first kappa shape index (κ1) is 19.0. The first-order valence-electron chi connectivity index (χ1n) is 10.7. The molecule has 0 aliphatic carbocycles. The van der Waals surface area contributed by atoms with Gasteiger partial charge in [-0.05, 0) is 56.7 Å². The van der Waals surface area contributed by atoms with Gasteiger partial charge in [0.15, 0.2) is 5.82 Å². The average molecular weight is 381 g/mol. The minimum absolute atomic E-state index is 0.583. The highest BCUT2D eigenvalue weighted by Gasteiger charge is 2.25. The molecule has 0 spiro atoms. The molecule has 0 bridgehead atoms. The van der Waals surface area contributed by atoms with E-state index in [0.717, 1.165) is 50.9 Å². The van der Waals surface area contributed by atoms with Crippen LogP contribution in [0.2, 0.25) is 0 Å². The SMILES string of the molecule is CCC1CCCCN1c1cnnc(N2CCN(c3cccc(C)c3C)CC2)n1. The third-order valence-electron chi connectivity index (χ3n) is 6.41. The molecule has 2 aliphatic rings. The number of anilines is 3. The lowest BCUT2D eigenvalue weighted by molar-refractivity contribution is 0.445. The van der Waals surface area contributed by atoms with Crippen molar-refractivity contribution in [3.05, 3.63) is 35.5 Å². The summed E-state index contributed by atoms with van der Waals surface area (Å²) in [7, 11) is 0. The molecule has 1 unspecified atom stereocenters. The van der Waals surface area contributed by atoms with Crippen LogP contribution in [0.4, 0.5) is 17.5 Å². The van der Waals surface area contributed by atoms with Crippen molar-refractivity contribution in [3.63, 3.8) is 0 Å².